The molecule has 0 spiro atoms. The predicted octanol–water partition coefficient (Wildman–Crippen LogP) is 1.99. The standard InChI is InChI=1S/C12H17ClO4/c1-12(2,15)7-17-11-9(13)4-8(6-14)5-10(11)16-3/h4-5,14-15H,6-7H2,1-3H3. The molecular weight excluding hydrogens is 244 g/mol. The van der Waals surface area contributed by atoms with Crippen LogP contribution in [0.5, 0.6) is 11.5 Å². The predicted molar refractivity (Wildman–Crippen MR) is 65.7 cm³/mol. The molecule has 17 heavy (non-hydrogen) atoms. The fourth-order valence-electron chi connectivity index (χ4n) is 1.25. The molecule has 0 atom stereocenters. The molecule has 1 aromatic carbocycles. The topological polar surface area (TPSA) is 58.9 Å². The Morgan fingerprint density at radius 2 is 2.00 bits per heavy atom. The van der Waals surface area contributed by atoms with Crippen LogP contribution in [-0.2, 0) is 6.61 Å². The number of halogens is 1. The van der Waals surface area contributed by atoms with Crippen LogP contribution in [0.15, 0.2) is 12.1 Å². The van der Waals surface area contributed by atoms with E-state index in [9.17, 15) is 5.11 Å². The second-order valence-corrected chi connectivity index (χ2v) is 4.78. The molecule has 0 amide bonds. The van der Waals surface area contributed by atoms with Gasteiger partial charge in [-0.25, -0.2) is 0 Å². The van der Waals surface area contributed by atoms with Crippen LogP contribution in [0.4, 0.5) is 0 Å². The zero-order chi connectivity index (χ0) is 13.1. The van der Waals surface area contributed by atoms with E-state index in [1.54, 1.807) is 26.0 Å². The first kappa shape index (κ1) is 14.1. The third kappa shape index (κ3) is 4.07. The summed E-state index contributed by atoms with van der Waals surface area (Å²) in [4.78, 5) is 0. The van der Waals surface area contributed by atoms with Crippen molar-refractivity contribution in [1.29, 1.82) is 0 Å². The molecule has 0 saturated heterocycles. The molecule has 5 heteroatoms. The van der Waals surface area contributed by atoms with Crippen LogP contribution in [0.2, 0.25) is 5.02 Å². The van der Waals surface area contributed by atoms with E-state index >= 15 is 0 Å². The van der Waals surface area contributed by atoms with Crippen molar-refractivity contribution in [3.8, 4) is 11.5 Å². The van der Waals surface area contributed by atoms with E-state index in [1.807, 2.05) is 0 Å². The summed E-state index contributed by atoms with van der Waals surface area (Å²) in [6, 6.07) is 3.25. The molecule has 0 aliphatic carbocycles. The van der Waals surface area contributed by atoms with Crippen molar-refractivity contribution in [3.63, 3.8) is 0 Å². The van der Waals surface area contributed by atoms with Crippen molar-refractivity contribution in [2.45, 2.75) is 26.1 Å². The second-order valence-electron chi connectivity index (χ2n) is 4.37. The maximum atomic E-state index is 9.59. The van der Waals surface area contributed by atoms with Crippen LogP contribution >= 0.6 is 11.6 Å². The zero-order valence-corrected chi connectivity index (χ0v) is 10.9. The van der Waals surface area contributed by atoms with Gasteiger partial charge in [0.15, 0.2) is 11.5 Å². The van der Waals surface area contributed by atoms with Crippen molar-refractivity contribution < 1.29 is 19.7 Å². The number of aliphatic hydroxyl groups is 2. The molecule has 0 unspecified atom stereocenters. The van der Waals surface area contributed by atoms with Gasteiger partial charge in [-0.1, -0.05) is 11.6 Å². The largest absolute Gasteiger partial charge is 0.493 e. The molecule has 0 aromatic heterocycles. The van der Waals surface area contributed by atoms with Gasteiger partial charge in [-0.2, -0.15) is 0 Å². The van der Waals surface area contributed by atoms with Gasteiger partial charge in [-0.05, 0) is 31.5 Å². The second kappa shape index (κ2) is 5.58. The van der Waals surface area contributed by atoms with E-state index in [-0.39, 0.29) is 13.2 Å². The zero-order valence-electron chi connectivity index (χ0n) is 10.2. The summed E-state index contributed by atoms with van der Waals surface area (Å²) >= 11 is 6.02. The Labute approximate surface area is 106 Å². The van der Waals surface area contributed by atoms with Gasteiger partial charge in [0.25, 0.3) is 0 Å². The Hall–Kier alpha value is -0.970. The average Bonchev–Trinajstić information content (AvgIpc) is 2.25. The maximum absolute atomic E-state index is 9.59. The van der Waals surface area contributed by atoms with Gasteiger partial charge < -0.3 is 19.7 Å². The number of hydrogen-bond donors (Lipinski definition) is 2. The van der Waals surface area contributed by atoms with E-state index in [0.29, 0.717) is 22.1 Å². The first-order valence-electron chi connectivity index (χ1n) is 5.20. The summed E-state index contributed by atoms with van der Waals surface area (Å²) in [6.07, 6.45) is 0. The van der Waals surface area contributed by atoms with E-state index in [0.717, 1.165) is 0 Å². The Bertz CT molecular complexity index is 385. The minimum absolute atomic E-state index is 0.0988. The van der Waals surface area contributed by atoms with E-state index < -0.39 is 5.60 Å². The van der Waals surface area contributed by atoms with Crippen molar-refractivity contribution in [1.82, 2.24) is 0 Å². The van der Waals surface area contributed by atoms with Crippen molar-refractivity contribution in [2.24, 2.45) is 0 Å². The highest BCUT2D eigenvalue weighted by Gasteiger charge is 2.17. The average molecular weight is 261 g/mol. The molecule has 1 aromatic rings. The minimum Gasteiger partial charge on any atom is -0.493 e. The summed E-state index contributed by atoms with van der Waals surface area (Å²) in [5, 5.41) is 19.0. The van der Waals surface area contributed by atoms with Crippen LogP contribution in [0.1, 0.15) is 19.4 Å². The van der Waals surface area contributed by atoms with E-state index in [4.69, 9.17) is 26.2 Å². The third-order valence-corrected chi connectivity index (χ3v) is 2.32. The normalized spacial score (nSPS) is 11.4. The SMILES string of the molecule is COc1cc(CO)cc(Cl)c1OCC(C)(C)O. The Kier molecular flexibility index (Phi) is 4.62. The lowest BCUT2D eigenvalue weighted by Gasteiger charge is -2.20. The summed E-state index contributed by atoms with van der Waals surface area (Å²) in [5.41, 5.74) is -0.313. The lowest BCUT2D eigenvalue weighted by molar-refractivity contribution is 0.0276. The highest BCUT2D eigenvalue weighted by Crippen LogP contribution is 2.36. The van der Waals surface area contributed by atoms with Gasteiger partial charge in [-0.3, -0.25) is 0 Å². The van der Waals surface area contributed by atoms with E-state index in [2.05, 4.69) is 0 Å². The van der Waals surface area contributed by atoms with Gasteiger partial charge in [-0.15, -0.1) is 0 Å². The summed E-state index contributed by atoms with van der Waals surface area (Å²) < 4.78 is 10.6. The van der Waals surface area contributed by atoms with Crippen LogP contribution < -0.4 is 9.47 Å². The van der Waals surface area contributed by atoms with Crippen LogP contribution in [-0.4, -0.2) is 29.5 Å². The van der Waals surface area contributed by atoms with Crippen LogP contribution in [0.3, 0.4) is 0 Å². The molecule has 0 radical (unpaired) electrons. The first-order valence-corrected chi connectivity index (χ1v) is 5.57. The smallest absolute Gasteiger partial charge is 0.179 e. The Morgan fingerprint density at radius 1 is 1.35 bits per heavy atom. The number of aliphatic hydroxyl groups excluding tert-OH is 1. The molecule has 96 valence electrons. The molecule has 0 aliphatic rings. The van der Waals surface area contributed by atoms with Crippen molar-refractivity contribution in [2.75, 3.05) is 13.7 Å². The number of benzene rings is 1. The quantitative estimate of drug-likeness (QED) is 0.850. The van der Waals surface area contributed by atoms with Gasteiger partial charge in [0.1, 0.15) is 6.61 Å². The lowest BCUT2D eigenvalue weighted by atomic mass is 10.1. The summed E-state index contributed by atoms with van der Waals surface area (Å²) in [6.45, 7) is 3.24. The molecule has 4 nitrogen and oxygen atoms in total. The van der Waals surface area contributed by atoms with Gasteiger partial charge in [0.2, 0.25) is 0 Å². The van der Waals surface area contributed by atoms with Crippen molar-refractivity contribution >= 4 is 11.6 Å². The number of methoxy groups -OCH3 is 1. The molecule has 0 bridgehead atoms. The molecule has 0 heterocycles. The number of hydrogen-bond acceptors (Lipinski definition) is 4. The Morgan fingerprint density at radius 3 is 2.47 bits per heavy atom. The molecule has 2 N–H and O–H groups in total. The minimum atomic E-state index is -0.954. The molecule has 0 aliphatic heterocycles. The van der Waals surface area contributed by atoms with Gasteiger partial charge in [0, 0.05) is 0 Å². The van der Waals surface area contributed by atoms with Crippen LogP contribution in [0.25, 0.3) is 0 Å². The molecule has 0 saturated carbocycles. The third-order valence-electron chi connectivity index (χ3n) is 2.04. The fourth-order valence-corrected chi connectivity index (χ4v) is 1.54. The Balaban J connectivity index is 2.98. The molecule has 0 fully saturated rings. The number of rotatable bonds is 5. The van der Waals surface area contributed by atoms with Gasteiger partial charge >= 0.3 is 0 Å². The number of ether oxygens (including phenoxy) is 2. The highest BCUT2D eigenvalue weighted by molar-refractivity contribution is 6.32. The van der Waals surface area contributed by atoms with Crippen molar-refractivity contribution in [3.05, 3.63) is 22.7 Å². The van der Waals surface area contributed by atoms with Gasteiger partial charge in [0.05, 0.1) is 24.3 Å². The molecular formula is C12H17ClO4. The van der Waals surface area contributed by atoms with Crippen LogP contribution in [0, 0.1) is 0 Å². The monoisotopic (exact) mass is 260 g/mol. The lowest BCUT2D eigenvalue weighted by Crippen LogP contribution is -2.28. The first-order chi connectivity index (χ1) is 7.87. The van der Waals surface area contributed by atoms with E-state index in [1.165, 1.54) is 7.11 Å². The maximum Gasteiger partial charge on any atom is 0.179 e. The summed E-state index contributed by atoms with van der Waals surface area (Å²) in [5.74, 6) is 0.805. The molecule has 1 rings (SSSR count). The fraction of sp³-hybridized carbons (Fsp3) is 0.500. The highest BCUT2D eigenvalue weighted by atomic mass is 35.5. The summed E-state index contributed by atoms with van der Waals surface area (Å²) in [7, 11) is 1.49.